The van der Waals surface area contributed by atoms with Gasteiger partial charge in [0.05, 0.1) is 12.2 Å². The maximum Gasteiger partial charge on any atom is 0.219 e. The molecule has 8 nitrogen and oxygen atoms in total. The second-order valence-electron chi connectivity index (χ2n) is 8.76. The molecule has 0 bridgehead atoms. The summed E-state index contributed by atoms with van der Waals surface area (Å²) in [6, 6.07) is 10.4. The molecular formula is C26H24N6O2. The minimum absolute atomic E-state index is 0.133. The van der Waals surface area contributed by atoms with Gasteiger partial charge in [-0.2, -0.15) is 5.10 Å². The lowest BCUT2D eigenvalue weighted by Gasteiger charge is -2.31. The lowest BCUT2D eigenvalue weighted by molar-refractivity contribution is -0.130. The van der Waals surface area contributed by atoms with Crippen molar-refractivity contribution in [3.63, 3.8) is 0 Å². The van der Waals surface area contributed by atoms with Crippen LogP contribution in [0.2, 0.25) is 0 Å². The molecule has 0 saturated carbocycles. The van der Waals surface area contributed by atoms with Crippen molar-refractivity contribution in [2.45, 2.75) is 25.8 Å². The summed E-state index contributed by atoms with van der Waals surface area (Å²) in [5, 5.41) is 7.65. The van der Waals surface area contributed by atoms with E-state index in [1.165, 1.54) is 0 Å². The highest BCUT2D eigenvalue weighted by Gasteiger charge is 2.23. The molecule has 1 saturated heterocycles. The topological polar surface area (TPSA) is 103 Å². The van der Waals surface area contributed by atoms with Gasteiger partial charge in [-0.1, -0.05) is 18.2 Å². The molecule has 170 valence electrons. The number of amides is 1. The molecule has 0 unspecified atom stereocenters. The standard InChI is InChI=1S/C26H24N6O2/c1-16(33)31-9-6-19(7-10-31)32-15-18(13-30-32)23-14-29-26(27)25-22(23)11-24(34-25)21-4-2-3-17-12-28-8-5-20(17)21/h2-5,8,11-15,19H,6-7,9-10H2,1H3,(H2,27,29). The van der Waals surface area contributed by atoms with E-state index in [4.69, 9.17) is 10.2 Å². The summed E-state index contributed by atoms with van der Waals surface area (Å²) in [6.45, 7) is 3.14. The van der Waals surface area contributed by atoms with Crippen LogP contribution >= 0.6 is 0 Å². The molecule has 6 rings (SSSR count). The number of rotatable bonds is 3. The summed E-state index contributed by atoms with van der Waals surface area (Å²) < 4.78 is 8.25. The number of carbonyl (C=O) groups excluding carboxylic acids is 1. The minimum Gasteiger partial charge on any atom is -0.452 e. The van der Waals surface area contributed by atoms with Crippen molar-refractivity contribution in [2.24, 2.45) is 0 Å². The van der Waals surface area contributed by atoms with Crippen molar-refractivity contribution >= 4 is 33.5 Å². The molecule has 1 aliphatic heterocycles. The predicted octanol–water partition coefficient (Wildman–Crippen LogP) is 4.67. The fraction of sp³-hybridized carbons (Fsp3) is 0.231. The van der Waals surface area contributed by atoms with E-state index >= 15 is 0 Å². The number of carbonyl (C=O) groups is 1. The van der Waals surface area contributed by atoms with E-state index in [9.17, 15) is 4.79 Å². The number of furan rings is 1. The molecule has 0 aliphatic carbocycles. The number of nitrogens with two attached hydrogens (primary N) is 1. The zero-order valence-electron chi connectivity index (χ0n) is 18.8. The number of anilines is 1. The van der Waals surface area contributed by atoms with Gasteiger partial charge in [0.25, 0.3) is 0 Å². The molecule has 0 atom stereocenters. The van der Waals surface area contributed by atoms with Crippen molar-refractivity contribution in [3.8, 4) is 22.5 Å². The quantitative estimate of drug-likeness (QED) is 0.427. The lowest BCUT2D eigenvalue weighted by atomic mass is 10.0. The van der Waals surface area contributed by atoms with Crippen LogP contribution in [0.4, 0.5) is 5.82 Å². The first-order chi connectivity index (χ1) is 16.6. The Bertz CT molecular complexity index is 1520. The van der Waals surface area contributed by atoms with Gasteiger partial charge in [0, 0.05) is 72.3 Å². The number of benzene rings is 1. The number of likely N-dealkylation sites (tertiary alicyclic amines) is 1. The number of nitrogens with zero attached hydrogens (tertiary/aromatic N) is 5. The Morgan fingerprint density at radius 1 is 1.09 bits per heavy atom. The molecule has 0 radical (unpaired) electrons. The van der Waals surface area contributed by atoms with Crippen LogP contribution in [0.15, 0.2) is 65.7 Å². The maximum absolute atomic E-state index is 11.6. The van der Waals surface area contributed by atoms with Crippen molar-refractivity contribution in [3.05, 3.63) is 61.3 Å². The molecule has 1 fully saturated rings. The highest BCUT2D eigenvalue weighted by Crippen LogP contribution is 2.38. The van der Waals surface area contributed by atoms with E-state index in [0.717, 1.165) is 64.5 Å². The van der Waals surface area contributed by atoms with Gasteiger partial charge in [-0.25, -0.2) is 4.98 Å². The smallest absolute Gasteiger partial charge is 0.219 e. The number of nitrogen functional groups attached to an aromatic ring is 1. The van der Waals surface area contributed by atoms with Crippen LogP contribution in [0.5, 0.6) is 0 Å². The summed E-state index contributed by atoms with van der Waals surface area (Å²) >= 11 is 0. The van der Waals surface area contributed by atoms with Gasteiger partial charge in [-0.05, 0) is 30.4 Å². The van der Waals surface area contributed by atoms with E-state index in [0.29, 0.717) is 11.4 Å². The van der Waals surface area contributed by atoms with Crippen molar-refractivity contribution in [1.82, 2.24) is 24.6 Å². The van der Waals surface area contributed by atoms with Crippen LogP contribution in [-0.4, -0.2) is 43.6 Å². The SMILES string of the molecule is CC(=O)N1CCC(n2cc(-c3cnc(N)c4oc(-c5cccc6cnccc56)cc34)cn2)CC1. The van der Waals surface area contributed by atoms with E-state index in [1.54, 1.807) is 19.3 Å². The Hall–Kier alpha value is -4.20. The lowest BCUT2D eigenvalue weighted by Crippen LogP contribution is -2.37. The molecule has 0 spiro atoms. The summed E-state index contributed by atoms with van der Waals surface area (Å²) in [5.74, 6) is 1.22. The number of aromatic nitrogens is 4. The Kier molecular flexibility index (Phi) is 4.79. The van der Waals surface area contributed by atoms with E-state index in [2.05, 4.69) is 21.3 Å². The average molecular weight is 453 g/mol. The third kappa shape index (κ3) is 3.39. The highest BCUT2D eigenvalue weighted by atomic mass is 16.3. The van der Waals surface area contributed by atoms with Crippen LogP contribution < -0.4 is 5.73 Å². The first kappa shape index (κ1) is 20.4. The van der Waals surface area contributed by atoms with Crippen LogP contribution in [0, 0.1) is 0 Å². The molecule has 1 amide bonds. The minimum atomic E-state index is 0.133. The highest BCUT2D eigenvalue weighted by molar-refractivity contribution is 6.03. The van der Waals surface area contributed by atoms with Gasteiger partial charge >= 0.3 is 0 Å². The zero-order chi connectivity index (χ0) is 23.2. The van der Waals surface area contributed by atoms with Gasteiger partial charge in [-0.3, -0.25) is 14.5 Å². The van der Waals surface area contributed by atoms with Crippen LogP contribution in [0.1, 0.15) is 25.8 Å². The van der Waals surface area contributed by atoms with E-state index < -0.39 is 0 Å². The Morgan fingerprint density at radius 2 is 1.94 bits per heavy atom. The van der Waals surface area contributed by atoms with Gasteiger partial charge in [0.2, 0.25) is 5.91 Å². The van der Waals surface area contributed by atoms with Crippen molar-refractivity contribution < 1.29 is 9.21 Å². The molecule has 4 aromatic heterocycles. The van der Waals surface area contributed by atoms with Gasteiger partial charge < -0.3 is 15.1 Å². The fourth-order valence-electron chi connectivity index (χ4n) is 4.87. The van der Waals surface area contributed by atoms with E-state index in [1.807, 2.05) is 52.3 Å². The largest absolute Gasteiger partial charge is 0.452 e. The number of hydrogen-bond acceptors (Lipinski definition) is 6. The summed E-state index contributed by atoms with van der Waals surface area (Å²) in [7, 11) is 0. The summed E-state index contributed by atoms with van der Waals surface area (Å²) in [4.78, 5) is 22.1. The van der Waals surface area contributed by atoms with Crippen LogP contribution in [-0.2, 0) is 4.79 Å². The first-order valence-electron chi connectivity index (χ1n) is 11.4. The number of piperidine rings is 1. The molecule has 1 aromatic carbocycles. The first-order valence-corrected chi connectivity index (χ1v) is 11.4. The molecule has 1 aliphatic rings. The number of pyridine rings is 2. The van der Waals surface area contributed by atoms with Crippen molar-refractivity contribution in [2.75, 3.05) is 18.8 Å². The van der Waals surface area contributed by atoms with Gasteiger partial charge in [0.15, 0.2) is 11.4 Å². The molecule has 5 heterocycles. The Balaban J connectivity index is 1.38. The third-order valence-electron chi connectivity index (χ3n) is 6.73. The number of hydrogen-bond donors (Lipinski definition) is 1. The van der Waals surface area contributed by atoms with Crippen molar-refractivity contribution in [1.29, 1.82) is 0 Å². The van der Waals surface area contributed by atoms with Crippen LogP contribution in [0.3, 0.4) is 0 Å². The molecule has 34 heavy (non-hydrogen) atoms. The third-order valence-corrected chi connectivity index (χ3v) is 6.73. The second kappa shape index (κ2) is 7.98. The maximum atomic E-state index is 11.6. The molecule has 5 aromatic rings. The molecular weight excluding hydrogens is 428 g/mol. The number of fused-ring (bicyclic) bond motifs is 2. The van der Waals surface area contributed by atoms with Crippen LogP contribution in [0.25, 0.3) is 44.2 Å². The van der Waals surface area contributed by atoms with Gasteiger partial charge in [-0.15, -0.1) is 0 Å². The summed E-state index contributed by atoms with van der Waals surface area (Å²) in [5.41, 5.74) is 9.63. The average Bonchev–Trinajstić information content (AvgIpc) is 3.53. The normalized spacial score (nSPS) is 14.8. The predicted molar refractivity (Wildman–Crippen MR) is 131 cm³/mol. The second-order valence-corrected chi connectivity index (χ2v) is 8.76. The monoisotopic (exact) mass is 452 g/mol. The fourth-order valence-corrected chi connectivity index (χ4v) is 4.87. The Morgan fingerprint density at radius 3 is 2.76 bits per heavy atom. The summed E-state index contributed by atoms with van der Waals surface area (Å²) in [6.07, 6.45) is 11.1. The Labute approximate surface area is 196 Å². The molecule has 8 heteroatoms. The zero-order valence-corrected chi connectivity index (χ0v) is 18.8. The van der Waals surface area contributed by atoms with E-state index in [-0.39, 0.29) is 11.9 Å². The van der Waals surface area contributed by atoms with Gasteiger partial charge in [0.1, 0.15) is 5.76 Å². The molecule has 2 N–H and O–H groups in total.